The molecule has 6 heteroatoms. The summed E-state index contributed by atoms with van der Waals surface area (Å²) >= 11 is 0. The summed E-state index contributed by atoms with van der Waals surface area (Å²) in [6, 6.07) is -0.548. The van der Waals surface area contributed by atoms with Gasteiger partial charge in [0, 0.05) is 12.8 Å². The Bertz CT molecular complexity index is 909. The molecule has 0 spiro atoms. The summed E-state index contributed by atoms with van der Waals surface area (Å²) < 4.78 is 5.48. The van der Waals surface area contributed by atoms with E-state index in [1.165, 1.54) is 218 Å². The average Bonchev–Trinajstić information content (AvgIpc) is 3.26. The lowest BCUT2D eigenvalue weighted by Crippen LogP contribution is -2.45. The number of unbranched alkanes of at least 4 members (excludes halogenated alkanes) is 38. The van der Waals surface area contributed by atoms with Crippen molar-refractivity contribution < 1.29 is 24.5 Å². The number of aliphatic hydroxyl groups is 2. The highest BCUT2D eigenvalue weighted by molar-refractivity contribution is 5.76. The zero-order valence-corrected chi connectivity index (χ0v) is 41.2. The van der Waals surface area contributed by atoms with Gasteiger partial charge in [0.2, 0.25) is 5.91 Å². The maximum Gasteiger partial charge on any atom is 0.305 e. The second-order valence-electron chi connectivity index (χ2n) is 18.9. The quantitative estimate of drug-likeness (QED) is 0.0322. The van der Waals surface area contributed by atoms with Gasteiger partial charge in [-0.3, -0.25) is 9.59 Å². The predicted octanol–water partition coefficient (Wildman–Crippen LogP) is 16.5. The average molecular weight is 862 g/mol. The lowest BCUT2D eigenvalue weighted by Gasteiger charge is -2.22. The van der Waals surface area contributed by atoms with Gasteiger partial charge in [-0.2, -0.15) is 0 Å². The van der Waals surface area contributed by atoms with Gasteiger partial charge in [0.05, 0.1) is 25.4 Å². The van der Waals surface area contributed by atoms with Gasteiger partial charge in [0.1, 0.15) is 0 Å². The van der Waals surface area contributed by atoms with Crippen LogP contribution in [0.25, 0.3) is 0 Å². The van der Waals surface area contributed by atoms with Crippen molar-refractivity contribution in [2.24, 2.45) is 0 Å². The Hall–Kier alpha value is -1.40. The molecule has 0 bridgehead atoms. The molecule has 0 saturated heterocycles. The fraction of sp³-hybridized carbons (Fsp3) is 0.927. The van der Waals surface area contributed by atoms with Crippen LogP contribution in [-0.2, 0) is 14.3 Å². The van der Waals surface area contributed by atoms with Crippen LogP contribution in [-0.4, -0.2) is 47.4 Å². The van der Waals surface area contributed by atoms with Crippen LogP contribution in [0, 0.1) is 0 Å². The number of nitrogens with one attached hydrogen (secondary N) is 1. The van der Waals surface area contributed by atoms with E-state index < -0.39 is 12.1 Å². The summed E-state index contributed by atoms with van der Waals surface area (Å²) in [7, 11) is 0. The molecule has 6 nitrogen and oxygen atoms in total. The number of esters is 1. The van der Waals surface area contributed by atoms with Gasteiger partial charge < -0.3 is 20.3 Å². The van der Waals surface area contributed by atoms with E-state index in [1.54, 1.807) is 0 Å². The number of aliphatic hydroxyl groups excluding tert-OH is 2. The van der Waals surface area contributed by atoms with Crippen molar-refractivity contribution in [2.75, 3.05) is 13.2 Å². The van der Waals surface area contributed by atoms with Crippen molar-refractivity contribution in [2.45, 2.75) is 315 Å². The fourth-order valence-electron chi connectivity index (χ4n) is 8.58. The van der Waals surface area contributed by atoms with Gasteiger partial charge in [-0.1, -0.05) is 251 Å². The monoisotopic (exact) mass is 862 g/mol. The molecule has 2 unspecified atom stereocenters. The van der Waals surface area contributed by atoms with Crippen LogP contribution in [0.1, 0.15) is 303 Å². The van der Waals surface area contributed by atoms with Crippen LogP contribution in [0.5, 0.6) is 0 Å². The standard InChI is InChI=1S/C55H107NO5/c1-3-5-7-9-11-13-14-15-16-19-23-26-29-33-37-41-45-49-55(60)61-50-46-42-38-34-30-27-24-21-18-17-20-22-25-28-32-36-40-44-48-54(59)56-52(51-57)53(58)47-43-39-35-31-12-10-8-6-4-2/h20,22,52-53,57-58H,3-19,21,23-51H2,1-2H3,(H,56,59)/b22-20-. The van der Waals surface area contributed by atoms with Crippen molar-refractivity contribution in [1.82, 2.24) is 5.32 Å². The number of carbonyl (C=O) groups excluding carboxylic acids is 2. The Morgan fingerprint density at radius 3 is 1.16 bits per heavy atom. The normalized spacial score (nSPS) is 12.7. The van der Waals surface area contributed by atoms with Gasteiger partial charge in [-0.15, -0.1) is 0 Å². The van der Waals surface area contributed by atoms with Crippen LogP contribution >= 0.6 is 0 Å². The minimum atomic E-state index is -0.669. The summed E-state index contributed by atoms with van der Waals surface area (Å²) in [4.78, 5) is 24.4. The molecule has 2 atom stereocenters. The van der Waals surface area contributed by atoms with Crippen LogP contribution in [0.2, 0.25) is 0 Å². The summed E-state index contributed by atoms with van der Waals surface area (Å²) in [5.74, 6) is -0.0441. The molecular weight excluding hydrogens is 755 g/mol. The lowest BCUT2D eigenvalue weighted by atomic mass is 10.0. The molecular formula is C55H107NO5. The highest BCUT2D eigenvalue weighted by Crippen LogP contribution is 2.17. The Kier molecular flexibility index (Phi) is 50.1. The van der Waals surface area contributed by atoms with Gasteiger partial charge in [0.25, 0.3) is 0 Å². The molecule has 0 saturated carbocycles. The van der Waals surface area contributed by atoms with Crippen molar-refractivity contribution in [1.29, 1.82) is 0 Å². The molecule has 3 N–H and O–H groups in total. The number of hydrogen-bond donors (Lipinski definition) is 3. The third kappa shape index (κ3) is 47.9. The molecule has 362 valence electrons. The first kappa shape index (κ1) is 59.6. The Balaban J connectivity index is 3.39. The maximum atomic E-state index is 12.4. The van der Waals surface area contributed by atoms with E-state index in [1.807, 2.05) is 0 Å². The Labute approximate surface area is 380 Å². The third-order valence-corrected chi connectivity index (χ3v) is 12.8. The van der Waals surface area contributed by atoms with Crippen LogP contribution in [0.15, 0.2) is 12.2 Å². The Morgan fingerprint density at radius 1 is 0.443 bits per heavy atom. The highest BCUT2D eigenvalue weighted by Gasteiger charge is 2.20. The van der Waals surface area contributed by atoms with Gasteiger partial charge in [-0.05, 0) is 51.4 Å². The molecule has 0 aromatic rings. The summed E-state index contributed by atoms with van der Waals surface area (Å²) in [6.07, 6.45) is 59.2. The van der Waals surface area contributed by atoms with Crippen molar-refractivity contribution in [3.8, 4) is 0 Å². The minimum Gasteiger partial charge on any atom is -0.466 e. The van der Waals surface area contributed by atoms with E-state index >= 15 is 0 Å². The molecule has 0 heterocycles. The highest BCUT2D eigenvalue weighted by atomic mass is 16.5. The topological polar surface area (TPSA) is 95.9 Å². The van der Waals surface area contributed by atoms with E-state index in [0.29, 0.717) is 25.9 Å². The van der Waals surface area contributed by atoms with E-state index in [2.05, 4.69) is 31.3 Å². The molecule has 0 aliphatic carbocycles. The molecule has 61 heavy (non-hydrogen) atoms. The molecule has 0 aromatic carbocycles. The summed E-state index contributed by atoms with van der Waals surface area (Å²) in [6.45, 7) is 4.93. The SMILES string of the molecule is CCCCCCCCCCCCCCCCCCCC(=O)OCCCCCCCCCCC/C=C\CCCCCCCC(=O)NC(CO)C(O)CCCCCCCCCCC. The first-order valence-corrected chi connectivity index (χ1v) is 27.4. The van der Waals surface area contributed by atoms with Gasteiger partial charge >= 0.3 is 5.97 Å². The number of carbonyl (C=O) groups is 2. The molecule has 0 rings (SSSR count). The number of rotatable bonds is 51. The van der Waals surface area contributed by atoms with Crippen molar-refractivity contribution in [3.63, 3.8) is 0 Å². The fourth-order valence-corrected chi connectivity index (χ4v) is 8.58. The molecule has 1 amide bonds. The summed E-state index contributed by atoms with van der Waals surface area (Å²) in [5.41, 5.74) is 0. The second-order valence-corrected chi connectivity index (χ2v) is 18.9. The zero-order chi connectivity index (χ0) is 44.4. The number of allylic oxidation sites excluding steroid dienone is 2. The number of amides is 1. The molecule has 0 aliphatic rings. The van der Waals surface area contributed by atoms with Crippen LogP contribution < -0.4 is 5.32 Å². The van der Waals surface area contributed by atoms with Crippen LogP contribution in [0.3, 0.4) is 0 Å². The lowest BCUT2D eigenvalue weighted by molar-refractivity contribution is -0.143. The van der Waals surface area contributed by atoms with E-state index in [9.17, 15) is 19.8 Å². The predicted molar refractivity (Wildman–Crippen MR) is 264 cm³/mol. The Morgan fingerprint density at radius 2 is 0.770 bits per heavy atom. The molecule has 0 fully saturated rings. The first-order chi connectivity index (χ1) is 30.0. The van der Waals surface area contributed by atoms with Crippen LogP contribution in [0.4, 0.5) is 0 Å². The van der Waals surface area contributed by atoms with Crippen molar-refractivity contribution >= 4 is 11.9 Å². The second kappa shape index (κ2) is 51.2. The third-order valence-electron chi connectivity index (χ3n) is 12.8. The minimum absolute atomic E-state index is 0.00691. The van der Waals surface area contributed by atoms with E-state index in [4.69, 9.17) is 4.74 Å². The van der Waals surface area contributed by atoms with Crippen molar-refractivity contribution in [3.05, 3.63) is 12.2 Å². The zero-order valence-electron chi connectivity index (χ0n) is 41.2. The largest absolute Gasteiger partial charge is 0.466 e. The molecule has 0 radical (unpaired) electrons. The number of ether oxygens (including phenoxy) is 1. The maximum absolute atomic E-state index is 12.4. The van der Waals surface area contributed by atoms with Gasteiger partial charge in [-0.25, -0.2) is 0 Å². The molecule has 0 aromatic heterocycles. The van der Waals surface area contributed by atoms with E-state index in [-0.39, 0.29) is 18.5 Å². The number of hydrogen-bond acceptors (Lipinski definition) is 5. The first-order valence-electron chi connectivity index (χ1n) is 27.4. The van der Waals surface area contributed by atoms with Gasteiger partial charge in [0.15, 0.2) is 0 Å². The summed E-state index contributed by atoms with van der Waals surface area (Å²) in [5, 5.41) is 23.1. The van der Waals surface area contributed by atoms with E-state index in [0.717, 1.165) is 51.4 Å². The molecule has 0 aliphatic heterocycles. The smallest absolute Gasteiger partial charge is 0.305 e.